The van der Waals surface area contributed by atoms with E-state index in [1.807, 2.05) is 13.0 Å². The molecule has 11 heteroatoms. The summed E-state index contributed by atoms with van der Waals surface area (Å²) >= 11 is 0. The molecule has 2 heterocycles. The zero-order valence-electron chi connectivity index (χ0n) is 15.9. The van der Waals surface area contributed by atoms with Gasteiger partial charge in [-0.1, -0.05) is 12.1 Å². The Morgan fingerprint density at radius 2 is 2.00 bits per heavy atom. The van der Waals surface area contributed by atoms with Crippen LogP contribution in [0.4, 0.5) is 8.78 Å². The van der Waals surface area contributed by atoms with Gasteiger partial charge in [-0.25, -0.2) is 16.8 Å². The average molecular weight is 449 g/mol. The molecule has 0 amide bonds. The number of aromatic amines is 1. The first-order valence-electron chi connectivity index (χ1n) is 8.91. The van der Waals surface area contributed by atoms with E-state index in [-0.39, 0.29) is 23.6 Å². The van der Waals surface area contributed by atoms with Crippen LogP contribution < -0.4 is 0 Å². The van der Waals surface area contributed by atoms with Gasteiger partial charge in [0.05, 0.1) is 21.0 Å². The molecule has 7 nitrogen and oxygen atoms in total. The van der Waals surface area contributed by atoms with Gasteiger partial charge in [-0.05, 0) is 50.5 Å². The lowest BCUT2D eigenvalue weighted by atomic mass is 9.95. The van der Waals surface area contributed by atoms with Gasteiger partial charge in [0.25, 0.3) is 0 Å². The number of sulfone groups is 2. The Bertz CT molecular complexity index is 1100. The number of H-pyrrole nitrogens is 1. The van der Waals surface area contributed by atoms with Crippen LogP contribution >= 0.6 is 0 Å². The molecule has 0 saturated carbocycles. The lowest BCUT2D eigenvalue weighted by Gasteiger charge is -2.37. The van der Waals surface area contributed by atoms with Crippen LogP contribution in [0.25, 0.3) is 0 Å². The highest BCUT2D eigenvalue weighted by atomic mass is 32.2. The van der Waals surface area contributed by atoms with Crippen molar-refractivity contribution < 1.29 is 30.4 Å². The molecule has 0 radical (unpaired) electrons. The minimum absolute atomic E-state index is 0.0716. The summed E-state index contributed by atoms with van der Waals surface area (Å²) in [5.41, 5.74) is 1.12. The number of alkyl halides is 2. The summed E-state index contributed by atoms with van der Waals surface area (Å²) in [6.45, 7) is 3.64. The summed E-state index contributed by atoms with van der Waals surface area (Å²) in [4.78, 5) is 0.231. The number of aromatic nitrogens is 2. The van der Waals surface area contributed by atoms with Gasteiger partial charge in [0.15, 0.2) is 9.84 Å². The van der Waals surface area contributed by atoms with Crippen molar-refractivity contribution in [1.29, 1.82) is 0 Å². The van der Waals surface area contributed by atoms with Gasteiger partial charge in [-0.3, -0.25) is 5.10 Å². The molecule has 0 aliphatic carbocycles. The molecule has 1 aliphatic rings. The number of rotatable bonds is 6. The lowest BCUT2D eigenvalue weighted by molar-refractivity contribution is -0.00220. The van der Waals surface area contributed by atoms with E-state index in [2.05, 4.69) is 10.2 Å². The second-order valence-electron chi connectivity index (χ2n) is 7.47. The van der Waals surface area contributed by atoms with E-state index in [0.29, 0.717) is 12.1 Å². The van der Waals surface area contributed by atoms with Gasteiger partial charge in [0.2, 0.25) is 9.84 Å². The normalized spacial score (nSPS) is 23.4. The highest BCUT2D eigenvalue weighted by Gasteiger charge is 2.45. The van der Waals surface area contributed by atoms with E-state index in [0.717, 1.165) is 5.56 Å². The van der Waals surface area contributed by atoms with E-state index in [1.54, 1.807) is 25.1 Å². The standard InChI is InChI=1S/C18H22F2N2O5S2/c1-12-4-3-5-14(8-12)29(25,26)18(2)6-7-27-16(10-18)15-9-13(21-22-15)11-28(23,24)17(19)20/h3-5,8-9,16-17H,6-7,10-11H2,1-2H3,(H,21,22). The first-order chi connectivity index (χ1) is 13.4. The third-order valence-electron chi connectivity index (χ3n) is 5.13. The van der Waals surface area contributed by atoms with Gasteiger partial charge in [0, 0.05) is 6.61 Å². The number of aryl methyl sites for hydroxylation is 1. The van der Waals surface area contributed by atoms with Crippen molar-refractivity contribution in [3.8, 4) is 0 Å². The van der Waals surface area contributed by atoms with Gasteiger partial charge in [-0.15, -0.1) is 0 Å². The van der Waals surface area contributed by atoms with Gasteiger partial charge in [-0.2, -0.15) is 13.9 Å². The predicted octanol–water partition coefficient (Wildman–Crippen LogP) is 2.94. The Kier molecular flexibility index (Phi) is 5.85. The number of ether oxygens (including phenoxy) is 1. The fourth-order valence-electron chi connectivity index (χ4n) is 3.37. The Labute approximate surface area is 168 Å². The topological polar surface area (TPSA) is 106 Å². The van der Waals surface area contributed by atoms with E-state index in [9.17, 15) is 25.6 Å². The molecule has 1 N–H and O–H groups in total. The zero-order valence-corrected chi connectivity index (χ0v) is 17.6. The van der Waals surface area contributed by atoms with E-state index in [1.165, 1.54) is 6.07 Å². The first-order valence-corrected chi connectivity index (χ1v) is 12.1. The first kappa shape index (κ1) is 21.8. The van der Waals surface area contributed by atoms with E-state index < -0.39 is 42.0 Å². The Morgan fingerprint density at radius 3 is 2.66 bits per heavy atom. The van der Waals surface area contributed by atoms with Crippen LogP contribution in [-0.4, -0.2) is 44.1 Å². The van der Waals surface area contributed by atoms with Gasteiger partial charge >= 0.3 is 5.76 Å². The van der Waals surface area contributed by atoms with Crippen LogP contribution in [0, 0.1) is 6.92 Å². The number of hydrogen-bond acceptors (Lipinski definition) is 6. The maximum Gasteiger partial charge on any atom is 0.337 e. The van der Waals surface area contributed by atoms with Crippen LogP contribution in [0.1, 0.15) is 42.8 Å². The molecule has 1 aromatic carbocycles. The molecule has 1 saturated heterocycles. The van der Waals surface area contributed by atoms with Crippen molar-refractivity contribution in [2.75, 3.05) is 6.61 Å². The van der Waals surface area contributed by atoms with Crippen molar-refractivity contribution in [3.63, 3.8) is 0 Å². The van der Waals surface area contributed by atoms with Crippen molar-refractivity contribution in [3.05, 3.63) is 47.3 Å². The van der Waals surface area contributed by atoms with Crippen LogP contribution in [0.5, 0.6) is 0 Å². The Hall–Kier alpha value is -1.85. The third-order valence-corrected chi connectivity index (χ3v) is 8.92. The maximum absolute atomic E-state index is 13.3. The highest BCUT2D eigenvalue weighted by Crippen LogP contribution is 2.41. The molecule has 29 heavy (non-hydrogen) atoms. The molecule has 3 rings (SSSR count). The second-order valence-corrected chi connectivity index (χ2v) is 11.9. The monoisotopic (exact) mass is 448 g/mol. The molecular formula is C18H22F2N2O5S2. The number of benzene rings is 1. The molecule has 2 atom stereocenters. The molecule has 2 unspecified atom stereocenters. The number of hydrogen-bond donors (Lipinski definition) is 1. The number of nitrogens with one attached hydrogen (secondary N) is 1. The summed E-state index contributed by atoms with van der Waals surface area (Å²) in [6, 6.07) is 8.01. The van der Waals surface area contributed by atoms with Crippen LogP contribution in [0.2, 0.25) is 0 Å². The molecule has 1 aliphatic heterocycles. The number of halogens is 2. The highest BCUT2D eigenvalue weighted by molar-refractivity contribution is 7.92. The molecule has 1 aromatic heterocycles. The number of nitrogens with zero attached hydrogens (tertiary/aromatic N) is 1. The zero-order chi connectivity index (χ0) is 21.4. The van der Waals surface area contributed by atoms with Crippen molar-refractivity contribution in [1.82, 2.24) is 10.2 Å². The molecule has 2 aromatic rings. The molecule has 1 fully saturated rings. The summed E-state index contributed by atoms with van der Waals surface area (Å²) in [6.07, 6.45) is -0.267. The Morgan fingerprint density at radius 1 is 1.28 bits per heavy atom. The lowest BCUT2D eigenvalue weighted by Crippen LogP contribution is -2.42. The van der Waals surface area contributed by atoms with Crippen molar-refractivity contribution in [2.45, 2.75) is 53.9 Å². The summed E-state index contributed by atoms with van der Waals surface area (Å²) < 4.78 is 79.0. The van der Waals surface area contributed by atoms with E-state index in [4.69, 9.17) is 4.74 Å². The smallest absolute Gasteiger partial charge is 0.337 e. The second kappa shape index (κ2) is 7.77. The quantitative estimate of drug-likeness (QED) is 0.728. The van der Waals surface area contributed by atoms with Gasteiger partial charge < -0.3 is 4.74 Å². The van der Waals surface area contributed by atoms with E-state index >= 15 is 0 Å². The minimum Gasteiger partial charge on any atom is -0.372 e. The molecule has 0 spiro atoms. The minimum atomic E-state index is -4.61. The Balaban J connectivity index is 1.84. The summed E-state index contributed by atoms with van der Waals surface area (Å²) in [5, 5.41) is 6.37. The van der Waals surface area contributed by atoms with Crippen molar-refractivity contribution in [2.24, 2.45) is 0 Å². The summed E-state index contributed by atoms with van der Waals surface area (Å²) in [7, 11) is -8.27. The largest absolute Gasteiger partial charge is 0.372 e. The van der Waals surface area contributed by atoms with Gasteiger partial charge in [0.1, 0.15) is 11.9 Å². The van der Waals surface area contributed by atoms with Crippen molar-refractivity contribution >= 4 is 19.7 Å². The summed E-state index contributed by atoms with van der Waals surface area (Å²) in [5.74, 6) is -4.40. The van der Waals surface area contributed by atoms with Crippen LogP contribution in [0.3, 0.4) is 0 Å². The van der Waals surface area contributed by atoms with Crippen LogP contribution in [-0.2, 0) is 30.2 Å². The SMILES string of the molecule is Cc1cccc(S(=O)(=O)C2(C)CCOC(c3cc(CS(=O)(=O)C(F)F)n[nH]3)C2)c1. The molecular weight excluding hydrogens is 426 g/mol. The molecule has 0 bridgehead atoms. The average Bonchev–Trinajstić information content (AvgIpc) is 3.09. The fourth-order valence-corrected chi connectivity index (χ4v) is 5.95. The molecule has 160 valence electrons. The predicted molar refractivity (Wildman–Crippen MR) is 102 cm³/mol. The maximum atomic E-state index is 13.3. The van der Waals surface area contributed by atoms with Crippen LogP contribution in [0.15, 0.2) is 35.2 Å². The third kappa shape index (κ3) is 4.36. The fraction of sp³-hybridized carbons (Fsp3) is 0.500.